The van der Waals surface area contributed by atoms with Gasteiger partial charge in [0.1, 0.15) is 5.75 Å². The van der Waals surface area contributed by atoms with E-state index in [4.69, 9.17) is 21.4 Å². The molecule has 0 amide bonds. The molecule has 8 heteroatoms. The predicted octanol–water partition coefficient (Wildman–Crippen LogP) is 1.98. The van der Waals surface area contributed by atoms with Crippen molar-refractivity contribution in [1.29, 1.82) is 0 Å². The van der Waals surface area contributed by atoms with Gasteiger partial charge in [0.25, 0.3) is 0 Å². The molecule has 0 bridgehead atoms. The summed E-state index contributed by atoms with van der Waals surface area (Å²) in [6.45, 7) is 0.492. The lowest BCUT2D eigenvalue weighted by atomic mass is 10.2. The number of benzene rings is 1. The minimum atomic E-state index is -3.56. The number of aliphatic carboxylic acids is 1. The number of rotatable bonds is 5. The molecule has 1 aromatic rings. The molecule has 1 aliphatic rings. The number of ether oxygens (including phenoxy) is 1. The van der Waals surface area contributed by atoms with E-state index in [1.807, 2.05) is 0 Å². The van der Waals surface area contributed by atoms with Crippen LogP contribution in [0.3, 0.4) is 0 Å². The van der Waals surface area contributed by atoms with Gasteiger partial charge in [-0.15, -0.1) is 0 Å². The first-order valence-electron chi connectivity index (χ1n) is 6.55. The Hall–Kier alpha value is -1.31. The van der Waals surface area contributed by atoms with Gasteiger partial charge < -0.3 is 9.84 Å². The summed E-state index contributed by atoms with van der Waals surface area (Å²) in [4.78, 5) is 10.5. The molecule has 116 valence electrons. The highest BCUT2D eigenvalue weighted by Crippen LogP contribution is 2.29. The molecule has 1 N–H and O–H groups in total. The highest BCUT2D eigenvalue weighted by molar-refractivity contribution is 7.89. The van der Waals surface area contributed by atoms with Crippen molar-refractivity contribution in [2.75, 3.05) is 19.7 Å². The predicted molar refractivity (Wildman–Crippen MR) is 77.2 cm³/mol. The van der Waals surface area contributed by atoms with E-state index in [0.717, 1.165) is 19.3 Å². The standard InChI is InChI=1S/C13H16ClNO5S/c14-11-8-10(4-5-12(11)20-9-13(16)17)21(18,19)15-6-2-1-3-7-15/h4-5,8H,1-3,6-7,9H2,(H,16,17). The summed E-state index contributed by atoms with van der Waals surface area (Å²) in [5.74, 6) is -0.979. The molecular weight excluding hydrogens is 318 g/mol. The molecule has 1 aromatic carbocycles. The molecule has 0 spiro atoms. The fraction of sp³-hybridized carbons (Fsp3) is 0.462. The molecule has 0 radical (unpaired) electrons. The van der Waals surface area contributed by atoms with Crippen LogP contribution in [0, 0.1) is 0 Å². The van der Waals surface area contributed by atoms with Crippen molar-refractivity contribution in [3.8, 4) is 5.75 Å². The summed E-state index contributed by atoms with van der Waals surface area (Å²) in [5.41, 5.74) is 0. The third-order valence-corrected chi connectivity index (χ3v) is 5.40. The van der Waals surface area contributed by atoms with Gasteiger partial charge in [-0.3, -0.25) is 0 Å². The number of hydrogen-bond acceptors (Lipinski definition) is 4. The van der Waals surface area contributed by atoms with Crippen molar-refractivity contribution >= 4 is 27.6 Å². The maximum atomic E-state index is 12.4. The van der Waals surface area contributed by atoms with E-state index in [1.165, 1.54) is 22.5 Å². The lowest BCUT2D eigenvalue weighted by molar-refractivity contribution is -0.139. The number of sulfonamides is 1. The Morgan fingerprint density at radius 1 is 1.29 bits per heavy atom. The molecule has 1 aliphatic heterocycles. The normalized spacial score (nSPS) is 16.6. The molecule has 0 unspecified atom stereocenters. The van der Waals surface area contributed by atoms with Crippen molar-refractivity contribution < 1.29 is 23.1 Å². The van der Waals surface area contributed by atoms with E-state index < -0.39 is 22.6 Å². The summed E-state index contributed by atoms with van der Waals surface area (Å²) in [6.07, 6.45) is 2.74. The second-order valence-electron chi connectivity index (χ2n) is 4.74. The molecule has 0 saturated carbocycles. The average Bonchev–Trinajstić information content (AvgIpc) is 2.46. The van der Waals surface area contributed by atoms with E-state index in [0.29, 0.717) is 13.1 Å². The summed E-state index contributed by atoms with van der Waals surface area (Å²) in [5, 5.41) is 8.63. The topological polar surface area (TPSA) is 83.9 Å². The number of carbonyl (C=O) groups is 1. The maximum Gasteiger partial charge on any atom is 0.341 e. The van der Waals surface area contributed by atoms with Crippen LogP contribution in [0.15, 0.2) is 23.1 Å². The Kier molecular flexibility index (Phi) is 5.08. The van der Waals surface area contributed by atoms with Crippen molar-refractivity contribution in [1.82, 2.24) is 4.31 Å². The van der Waals surface area contributed by atoms with Gasteiger partial charge in [-0.2, -0.15) is 4.31 Å². The molecule has 1 fully saturated rings. The van der Waals surface area contributed by atoms with Gasteiger partial charge >= 0.3 is 5.97 Å². The van der Waals surface area contributed by atoms with Crippen molar-refractivity contribution in [3.63, 3.8) is 0 Å². The lowest BCUT2D eigenvalue weighted by Gasteiger charge is -2.26. The molecule has 2 rings (SSSR count). The summed E-state index contributed by atoms with van der Waals surface area (Å²) in [7, 11) is -3.56. The molecule has 1 saturated heterocycles. The van der Waals surface area contributed by atoms with E-state index in [2.05, 4.69) is 0 Å². The summed E-state index contributed by atoms with van der Waals surface area (Å²) < 4.78 is 31.3. The van der Waals surface area contributed by atoms with Crippen LogP contribution in [-0.2, 0) is 14.8 Å². The van der Waals surface area contributed by atoms with Crippen molar-refractivity contribution in [3.05, 3.63) is 23.2 Å². The fourth-order valence-corrected chi connectivity index (χ4v) is 4.00. The monoisotopic (exact) mass is 333 g/mol. The lowest BCUT2D eigenvalue weighted by Crippen LogP contribution is -2.35. The Balaban J connectivity index is 2.20. The van der Waals surface area contributed by atoms with Crippen LogP contribution in [0.1, 0.15) is 19.3 Å². The number of piperidine rings is 1. The van der Waals surface area contributed by atoms with E-state index in [1.54, 1.807) is 0 Å². The van der Waals surface area contributed by atoms with Crippen LogP contribution in [0.2, 0.25) is 5.02 Å². The molecule has 6 nitrogen and oxygen atoms in total. The molecule has 21 heavy (non-hydrogen) atoms. The van der Waals surface area contributed by atoms with Crippen LogP contribution >= 0.6 is 11.6 Å². The second-order valence-corrected chi connectivity index (χ2v) is 7.08. The first-order chi connectivity index (χ1) is 9.91. The zero-order chi connectivity index (χ0) is 15.5. The molecule has 0 aliphatic carbocycles. The number of carboxylic acid groups (broad SMARTS) is 1. The third-order valence-electron chi connectivity index (χ3n) is 3.21. The largest absolute Gasteiger partial charge is 0.480 e. The van der Waals surface area contributed by atoms with Crippen molar-refractivity contribution in [2.24, 2.45) is 0 Å². The SMILES string of the molecule is O=C(O)COc1ccc(S(=O)(=O)N2CCCCC2)cc1Cl. The smallest absolute Gasteiger partial charge is 0.341 e. The molecule has 1 heterocycles. The van der Waals surface area contributed by atoms with Gasteiger partial charge in [0.2, 0.25) is 10.0 Å². The Labute approximate surface area is 128 Å². The van der Waals surface area contributed by atoms with Crippen LogP contribution in [0.5, 0.6) is 5.75 Å². The minimum Gasteiger partial charge on any atom is -0.480 e. The van der Waals surface area contributed by atoms with Gasteiger partial charge in [0, 0.05) is 13.1 Å². The number of hydrogen-bond donors (Lipinski definition) is 1. The van der Waals surface area contributed by atoms with Gasteiger partial charge in [-0.05, 0) is 31.0 Å². The van der Waals surface area contributed by atoms with Crippen LogP contribution in [0.25, 0.3) is 0 Å². The number of carboxylic acids is 1. The summed E-state index contributed by atoms with van der Waals surface area (Å²) in [6, 6.07) is 4.05. The first-order valence-corrected chi connectivity index (χ1v) is 8.37. The molecular formula is C13H16ClNO5S. The molecule has 0 atom stereocenters. The maximum absolute atomic E-state index is 12.4. The highest BCUT2D eigenvalue weighted by Gasteiger charge is 2.26. The van der Waals surface area contributed by atoms with Crippen molar-refractivity contribution in [2.45, 2.75) is 24.2 Å². The Morgan fingerprint density at radius 2 is 1.95 bits per heavy atom. The van der Waals surface area contributed by atoms with Crippen LogP contribution < -0.4 is 4.74 Å². The Morgan fingerprint density at radius 3 is 2.52 bits per heavy atom. The number of halogens is 1. The average molecular weight is 334 g/mol. The van der Waals surface area contributed by atoms with E-state index in [-0.39, 0.29) is 15.7 Å². The molecule has 0 aromatic heterocycles. The van der Waals surface area contributed by atoms with Gasteiger partial charge in [-0.1, -0.05) is 18.0 Å². The zero-order valence-corrected chi connectivity index (χ0v) is 12.9. The van der Waals surface area contributed by atoms with Gasteiger partial charge in [0.15, 0.2) is 6.61 Å². The highest BCUT2D eigenvalue weighted by atomic mass is 35.5. The number of nitrogens with zero attached hydrogens (tertiary/aromatic N) is 1. The second kappa shape index (κ2) is 6.64. The van der Waals surface area contributed by atoms with Gasteiger partial charge in [-0.25, -0.2) is 13.2 Å². The Bertz CT molecular complexity index is 625. The minimum absolute atomic E-state index is 0.0781. The fourth-order valence-electron chi connectivity index (χ4n) is 2.15. The zero-order valence-electron chi connectivity index (χ0n) is 11.3. The van der Waals surface area contributed by atoms with E-state index in [9.17, 15) is 13.2 Å². The summed E-state index contributed by atoms with van der Waals surface area (Å²) >= 11 is 5.96. The quantitative estimate of drug-likeness (QED) is 0.890. The van der Waals surface area contributed by atoms with Crippen LogP contribution in [0.4, 0.5) is 0 Å². The third kappa shape index (κ3) is 3.87. The van der Waals surface area contributed by atoms with Crippen LogP contribution in [-0.4, -0.2) is 43.5 Å². The van der Waals surface area contributed by atoms with Gasteiger partial charge in [0.05, 0.1) is 9.92 Å². The van der Waals surface area contributed by atoms with E-state index >= 15 is 0 Å². The first kappa shape index (κ1) is 16.1.